The minimum atomic E-state index is -0.980. The SMILES string of the molecule is CC(C)(C(=O)Nc1ccc2c(c1F)CCNC2)c1cccc(F)c1.Cl. The second-order valence-corrected chi connectivity index (χ2v) is 6.58. The van der Waals surface area contributed by atoms with E-state index in [0.29, 0.717) is 24.1 Å². The van der Waals surface area contributed by atoms with Crippen molar-refractivity contribution in [3.05, 3.63) is 64.7 Å². The number of hydrogen-bond acceptors (Lipinski definition) is 2. The first-order chi connectivity index (χ1) is 11.4. The Kier molecular flexibility index (Phi) is 5.80. The van der Waals surface area contributed by atoms with Crippen molar-refractivity contribution in [3.63, 3.8) is 0 Å². The molecule has 6 heteroatoms. The highest BCUT2D eigenvalue weighted by Gasteiger charge is 2.31. The predicted molar refractivity (Wildman–Crippen MR) is 97.1 cm³/mol. The zero-order chi connectivity index (χ0) is 17.3. The number of hydrogen-bond donors (Lipinski definition) is 2. The normalized spacial score (nSPS) is 13.6. The van der Waals surface area contributed by atoms with Crippen LogP contribution in [0.1, 0.15) is 30.5 Å². The first-order valence-corrected chi connectivity index (χ1v) is 7.98. The molecule has 3 rings (SSSR count). The summed E-state index contributed by atoms with van der Waals surface area (Å²) in [6.07, 6.45) is 0.595. The molecule has 1 aliphatic rings. The molecule has 1 heterocycles. The summed E-state index contributed by atoms with van der Waals surface area (Å²) < 4.78 is 28.1. The van der Waals surface area contributed by atoms with Gasteiger partial charge in [0.2, 0.25) is 5.91 Å². The van der Waals surface area contributed by atoms with E-state index in [1.165, 1.54) is 12.1 Å². The molecule has 1 aliphatic heterocycles. The lowest BCUT2D eigenvalue weighted by Crippen LogP contribution is -2.35. The van der Waals surface area contributed by atoms with Crippen LogP contribution in [0, 0.1) is 11.6 Å². The minimum Gasteiger partial charge on any atom is -0.323 e. The van der Waals surface area contributed by atoms with Gasteiger partial charge in [-0.05, 0) is 61.7 Å². The predicted octanol–water partition coefficient (Wildman–Crippen LogP) is 3.95. The first-order valence-electron chi connectivity index (χ1n) is 7.98. The number of benzene rings is 2. The zero-order valence-corrected chi connectivity index (χ0v) is 15.0. The summed E-state index contributed by atoms with van der Waals surface area (Å²) in [6.45, 7) is 4.74. The number of nitrogens with one attached hydrogen (secondary N) is 2. The lowest BCUT2D eigenvalue weighted by atomic mass is 9.83. The van der Waals surface area contributed by atoms with Crippen LogP contribution in [-0.4, -0.2) is 12.5 Å². The van der Waals surface area contributed by atoms with E-state index >= 15 is 0 Å². The summed E-state index contributed by atoms with van der Waals surface area (Å²) in [4.78, 5) is 12.7. The van der Waals surface area contributed by atoms with Crippen LogP contribution in [-0.2, 0) is 23.2 Å². The van der Waals surface area contributed by atoms with E-state index in [0.717, 1.165) is 12.1 Å². The summed E-state index contributed by atoms with van der Waals surface area (Å²) in [7, 11) is 0. The minimum absolute atomic E-state index is 0. The van der Waals surface area contributed by atoms with E-state index in [1.54, 1.807) is 32.0 Å². The molecule has 0 atom stereocenters. The zero-order valence-electron chi connectivity index (χ0n) is 14.2. The third-order valence-electron chi connectivity index (χ3n) is 4.57. The van der Waals surface area contributed by atoms with Gasteiger partial charge in [0, 0.05) is 6.54 Å². The molecule has 2 aromatic rings. The van der Waals surface area contributed by atoms with E-state index in [1.807, 2.05) is 6.07 Å². The maximum atomic E-state index is 14.7. The van der Waals surface area contributed by atoms with E-state index < -0.39 is 11.2 Å². The maximum Gasteiger partial charge on any atom is 0.234 e. The molecule has 0 aromatic heterocycles. The summed E-state index contributed by atoms with van der Waals surface area (Å²) in [6, 6.07) is 9.32. The van der Waals surface area contributed by atoms with Crippen LogP contribution >= 0.6 is 12.4 Å². The lowest BCUT2D eigenvalue weighted by molar-refractivity contribution is -0.120. The fourth-order valence-electron chi connectivity index (χ4n) is 2.92. The second-order valence-electron chi connectivity index (χ2n) is 6.58. The van der Waals surface area contributed by atoms with Gasteiger partial charge in [-0.25, -0.2) is 8.78 Å². The Bertz CT molecular complexity index is 793. The monoisotopic (exact) mass is 366 g/mol. The highest BCUT2D eigenvalue weighted by molar-refractivity contribution is 5.98. The van der Waals surface area contributed by atoms with E-state index in [2.05, 4.69) is 10.6 Å². The van der Waals surface area contributed by atoms with Gasteiger partial charge in [0.1, 0.15) is 11.6 Å². The fraction of sp³-hybridized carbons (Fsp3) is 0.316. The largest absolute Gasteiger partial charge is 0.323 e. The molecule has 0 radical (unpaired) electrons. The molecule has 2 N–H and O–H groups in total. The summed E-state index contributed by atoms with van der Waals surface area (Å²) in [5, 5.41) is 5.85. The molecule has 2 aromatic carbocycles. The summed E-state index contributed by atoms with van der Waals surface area (Å²) in [5.41, 5.74) is 1.30. The Hall–Kier alpha value is -1.98. The van der Waals surface area contributed by atoms with Crippen molar-refractivity contribution in [2.24, 2.45) is 0 Å². The lowest BCUT2D eigenvalue weighted by Gasteiger charge is -2.25. The topological polar surface area (TPSA) is 41.1 Å². The van der Waals surface area contributed by atoms with Gasteiger partial charge in [-0.1, -0.05) is 18.2 Å². The van der Waals surface area contributed by atoms with Crippen molar-refractivity contribution in [1.82, 2.24) is 5.32 Å². The second kappa shape index (κ2) is 7.50. The Morgan fingerprint density at radius 3 is 2.68 bits per heavy atom. The van der Waals surface area contributed by atoms with Gasteiger partial charge in [-0.15, -0.1) is 12.4 Å². The number of fused-ring (bicyclic) bond motifs is 1. The van der Waals surface area contributed by atoms with E-state index in [4.69, 9.17) is 0 Å². The van der Waals surface area contributed by atoms with Crippen molar-refractivity contribution in [2.45, 2.75) is 32.2 Å². The number of halogens is 3. The van der Waals surface area contributed by atoms with Crippen LogP contribution in [0.4, 0.5) is 14.5 Å². The third kappa shape index (κ3) is 3.83. The van der Waals surface area contributed by atoms with E-state index in [-0.39, 0.29) is 29.8 Å². The molecule has 0 saturated carbocycles. The Morgan fingerprint density at radius 2 is 1.96 bits per heavy atom. The van der Waals surface area contributed by atoms with E-state index in [9.17, 15) is 13.6 Å². The molecule has 134 valence electrons. The van der Waals surface area contributed by atoms with Crippen molar-refractivity contribution in [3.8, 4) is 0 Å². The van der Waals surface area contributed by atoms with Gasteiger partial charge in [-0.2, -0.15) is 0 Å². The number of anilines is 1. The first kappa shape index (κ1) is 19.3. The Balaban J connectivity index is 0.00000225. The molecular formula is C19H21ClF2N2O. The van der Waals surface area contributed by atoms with Crippen LogP contribution in [0.3, 0.4) is 0 Å². The Labute approximate surface area is 152 Å². The fourth-order valence-corrected chi connectivity index (χ4v) is 2.92. The van der Waals surface area contributed by atoms with Gasteiger partial charge in [-0.3, -0.25) is 4.79 Å². The van der Waals surface area contributed by atoms with Crippen LogP contribution in [0.2, 0.25) is 0 Å². The smallest absolute Gasteiger partial charge is 0.234 e. The summed E-state index contributed by atoms with van der Waals surface area (Å²) in [5.74, 6) is -1.15. The molecule has 0 saturated heterocycles. The maximum absolute atomic E-state index is 14.7. The molecule has 0 fully saturated rings. The molecule has 0 bridgehead atoms. The van der Waals surface area contributed by atoms with Crippen molar-refractivity contribution in [2.75, 3.05) is 11.9 Å². The van der Waals surface area contributed by atoms with Gasteiger partial charge in [0.05, 0.1) is 11.1 Å². The molecule has 3 nitrogen and oxygen atoms in total. The highest BCUT2D eigenvalue weighted by Crippen LogP contribution is 2.29. The van der Waals surface area contributed by atoms with Crippen LogP contribution < -0.4 is 10.6 Å². The number of amides is 1. The summed E-state index contributed by atoms with van der Waals surface area (Å²) >= 11 is 0. The van der Waals surface area contributed by atoms with Gasteiger partial charge >= 0.3 is 0 Å². The average molecular weight is 367 g/mol. The average Bonchev–Trinajstić information content (AvgIpc) is 2.57. The molecule has 25 heavy (non-hydrogen) atoms. The number of carbonyl (C=O) groups is 1. The molecular weight excluding hydrogens is 346 g/mol. The molecule has 1 amide bonds. The van der Waals surface area contributed by atoms with Crippen molar-refractivity contribution < 1.29 is 13.6 Å². The molecule has 0 spiro atoms. The number of rotatable bonds is 3. The van der Waals surface area contributed by atoms with Crippen LogP contribution in [0.15, 0.2) is 36.4 Å². The van der Waals surface area contributed by atoms with Crippen molar-refractivity contribution in [1.29, 1.82) is 0 Å². The quantitative estimate of drug-likeness (QED) is 0.863. The molecule has 0 unspecified atom stereocenters. The standard InChI is InChI=1S/C19H20F2N2O.ClH/c1-19(2,13-4-3-5-14(20)10-13)18(24)23-16-7-6-12-11-22-9-8-15(12)17(16)21;/h3-7,10,22H,8-9,11H2,1-2H3,(H,23,24);1H. The van der Waals surface area contributed by atoms with Gasteiger partial charge < -0.3 is 10.6 Å². The van der Waals surface area contributed by atoms with Gasteiger partial charge in [0.25, 0.3) is 0 Å². The molecule has 0 aliphatic carbocycles. The van der Waals surface area contributed by atoms with Gasteiger partial charge in [0.15, 0.2) is 0 Å². The van der Waals surface area contributed by atoms with Crippen LogP contribution in [0.5, 0.6) is 0 Å². The van der Waals surface area contributed by atoms with Crippen LogP contribution in [0.25, 0.3) is 0 Å². The Morgan fingerprint density at radius 1 is 1.20 bits per heavy atom. The number of carbonyl (C=O) groups excluding carboxylic acids is 1. The van der Waals surface area contributed by atoms with Crippen molar-refractivity contribution >= 4 is 24.0 Å². The highest BCUT2D eigenvalue weighted by atomic mass is 35.5. The third-order valence-corrected chi connectivity index (χ3v) is 4.57.